The summed E-state index contributed by atoms with van der Waals surface area (Å²) in [4.78, 5) is 23.6. The zero-order chi connectivity index (χ0) is 19.8. The average Bonchev–Trinajstić information content (AvgIpc) is 3.34. The van der Waals surface area contributed by atoms with E-state index in [9.17, 15) is 18.0 Å². The number of carboxylic acids is 1. The topological polar surface area (TPSA) is 130 Å². The standard InChI is InChI=1S/C17H20N2O7S/c1-10-5-6-13(25-10)11(2)18-16(20)12-4-3-9-19(12)27(23,24)15-8-7-14(26-15)17(21)22/h5-8,11-12H,3-4,9H2,1-2H3,(H,18,20)(H,21,22). The highest BCUT2D eigenvalue weighted by Crippen LogP contribution is 2.28. The van der Waals surface area contributed by atoms with Gasteiger partial charge in [-0.15, -0.1) is 0 Å². The van der Waals surface area contributed by atoms with Crippen molar-refractivity contribution in [1.29, 1.82) is 0 Å². The number of aryl methyl sites for hydroxylation is 1. The van der Waals surface area contributed by atoms with Gasteiger partial charge < -0.3 is 19.3 Å². The molecule has 2 aromatic rings. The first-order chi connectivity index (χ1) is 12.7. The van der Waals surface area contributed by atoms with Gasteiger partial charge in [-0.1, -0.05) is 0 Å². The van der Waals surface area contributed by atoms with E-state index in [0.29, 0.717) is 24.4 Å². The van der Waals surface area contributed by atoms with Crippen LogP contribution >= 0.6 is 0 Å². The smallest absolute Gasteiger partial charge is 0.371 e. The van der Waals surface area contributed by atoms with Gasteiger partial charge >= 0.3 is 5.97 Å². The van der Waals surface area contributed by atoms with Crippen LogP contribution < -0.4 is 5.32 Å². The second-order valence-electron chi connectivity index (χ2n) is 6.38. The molecule has 1 aliphatic rings. The van der Waals surface area contributed by atoms with Gasteiger partial charge in [0.15, 0.2) is 0 Å². The minimum atomic E-state index is -4.12. The molecule has 2 aromatic heterocycles. The van der Waals surface area contributed by atoms with Crippen LogP contribution in [0.15, 0.2) is 38.2 Å². The zero-order valence-electron chi connectivity index (χ0n) is 14.8. The largest absolute Gasteiger partial charge is 0.475 e. The number of rotatable bonds is 6. The molecule has 1 fully saturated rings. The number of carboxylic acid groups (broad SMARTS) is 1. The average molecular weight is 396 g/mol. The molecular weight excluding hydrogens is 376 g/mol. The van der Waals surface area contributed by atoms with Crippen LogP contribution in [0.25, 0.3) is 0 Å². The SMILES string of the molecule is Cc1ccc(C(C)NC(=O)C2CCCN2S(=O)(=O)c2ccc(C(=O)O)o2)o1. The quantitative estimate of drug-likeness (QED) is 0.763. The van der Waals surface area contributed by atoms with Gasteiger partial charge in [-0.2, -0.15) is 4.31 Å². The van der Waals surface area contributed by atoms with Crippen LogP contribution in [0.1, 0.15) is 47.9 Å². The maximum Gasteiger partial charge on any atom is 0.371 e. The van der Waals surface area contributed by atoms with E-state index in [4.69, 9.17) is 13.9 Å². The van der Waals surface area contributed by atoms with Crippen LogP contribution in [0.2, 0.25) is 0 Å². The minimum Gasteiger partial charge on any atom is -0.475 e. The number of aromatic carboxylic acids is 1. The molecule has 1 amide bonds. The van der Waals surface area contributed by atoms with Crippen LogP contribution in [-0.2, 0) is 14.8 Å². The highest BCUT2D eigenvalue weighted by molar-refractivity contribution is 7.89. The maximum absolute atomic E-state index is 12.8. The minimum absolute atomic E-state index is 0.151. The van der Waals surface area contributed by atoms with E-state index in [1.54, 1.807) is 26.0 Å². The number of amides is 1. The van der Waals surface area contributed by atoms with Gasteiger partial charge in [-0.25, -0.2) is 13.2 Å². The van der Waals surface area contributed by atoms with E-state index < -0.39 is 44.8 Å². The highest BCUT2D eigenvalue weighted by atomic mass is 32.2. The Morgan fingerprint density at radius 1 is 1.26 bits per heavy atom. The first-order valence-electron chi connectivity index (χ1n) is 8.42. The summed E-state index contributed by atoms with van der Waals surface area (Å²) in [5.41, 5.74) is 0. The predicted octanol–water partition coefficient (Wildman–Crippen LogP) is 1.91. The van der Waals surface area contributed by atoms with Crippen molar-refractivity contribution in [3.8, 4) is 0 Å². The lowest BCUT2D eigenvalue weighted by Gasteiger charge is -2.23. The van der Waals surface area contributed by atoms with E-state index in [-0.39, 0.29) is 6.54 Å². The van der Waals surface area contributed by atoms with Gasteiger partial charge in [0.1, 0.15) is 17.6 Å². The summed E-state index contributed by atoms with van der Waals surface area (Å²) in [6.45, 7) is 3.69. The van der Waals surface area contributed by atoms with E-state index in [1.165, 1.54) is 0 Å². The van der Waals surface area contributed by atoms with Crippen molar-refractivity contribution in [1.82, 2.24) is 9.62 Å². The van der Waals surface area contributed by atoms with E-state index in [0.717, 1.165) is 16.4 Å². The first-order valence-corrected chi connectivity index (χ1v) is 9.86. The van der Waals surface area contributed by atoms with Crippen molar-refractivity contribution >= 4 is 21.9 Å². The fraction of sp³-hybridized carbons (Fsp3) is 0.412. The van der Waals surface area contributed by atoms with E-state index >= 15 is 0 Å². The molecule has 3 rings (SSSR count). The van der Waals surface area contributed by atoms with Crippen molar-refractivity contribution in [2.24, 2.45) is 0 Å². The third-order valence-electron chi connectivity index (χ3n) is 4.41. The van der Waals surface area contributed by atoms with Crippen LogP contribution in [-0.4, -0.2) is 42.3 Å². The monoisotopic (exact) mass is 396 g/mol. The Morgan fingerprint density at radius 2 is 2.00 bits per heavy atom. The molecule has 0 bridgehead atoms. The van der Waals surface area contributed by atoms with Gasteiger partial charge in [0.05, 0.1) is 6.04 Å². The Balaban J connectivity index is 1.77. The molecule has 3 heterocycles. The normalized spacial score (nSPS) is 19.1. The summed E-state index contributed by atoms with van der Waals surface area (Å²) in [7, 11) is -4.12. The number of hydrogen-bond donors (Lipinski definition) is 2. The molecule has 1 saturated heterocycles. The van der Waals surface area contributed by atoms with Crippen LogP contribution in [0.4, 0.5) is 0 Å². The second-order valence-corrected chi connectivity index (χ2v) is 8.20. The summed E-state index contributed by atoms with van der Waals surface area (Å²) in [6.07, 6.45) is 0.875. The Bertz CT molecular complexity index is 960. The molecule has 10 heteroatoms. The predicted molar refractivity (Wildman–Crippen MR) is 92.6 cm³/mol. The Hall–Kier alpha value is -2.59. The number of carbonyl (C=O) groups is 2. The fourth-order valence-corrected chi connectivity index (χ4v) is 4.62. The third kappa shape index (κ3) is 3.76. The molecule has 2 atom stereocenters. The summed E-state index contributed by atoms with van der Waals surface area (Å²) < 4.78 is 37.0. The number of sulfonamides is 1. The summed E-state index contributed by atoms with van der Waals surface area (Å²) in [6, 6.07) is 4.37. The summed E-state index contributed by atoms with van der Waals surface area (Å²) >= 11 is 0. The number of hydrogen-bond acceptors (Lipinski definition) is 6. The fourth-order valence-electron chi connectivity index (χ4n) is 3.05. The summed E-state index contributed by atoms with van der Waals surface area (Å²) in [5.74, 6) is -0.999. The van der Waals surface area contributed by atoms with E-state index in [1.807, 2.05) is 0 Å². The molecule has 146 valence electrons. The van der Waals surface area contributed by atoms with Gasteiger partial charge in [0, 0.05) is 6.54 Å². The third-order valence-corrected chi connectivity index (χ3v) is 6.19. The molecule has 2 N–H and O–H groups in total. The van der Waals surface area contributed by atoms with E-state index in [2.05, 4.69) is 5.32 Å². The molecule has 27 heavy (non-hydrogen) atoms. The zero-order valence-corrected chi connectivity index (χ0v) is 15.7. The molecule has 0 aromatic carbocycles. The lowest BCUT2D eigenvalue weighted by molar-refractivity contribution is -0.125. The lowest BCUT2D eigenvalue weighted by Crippen LogP contribution is -2.46. The number of nitrogens with one attached hydrogen (secondary N) is 1. The Kier molecular flexibility index (Phi) is 5.11. The van der Waals surface area contributed by atoms with Crippen LogP contribution in [0.3, 0.4) is 0 Å². The van der Waals surface area contributed by atoms with Gasteiger partial charge in [0.2, 0.25) is 16.8 Å². The lowest BCUT2D eigenvalue weighted by atomic mass is 10.2. The molecule has 9 nitrogen and oxygen atoms in total. The number of furan rings is 2. The van der Waals surface area contributed by atoms with Gasteiger partial charge in [-0.05, 0) is 51.0 Å². The molecule has 2 unspecified atom stereocenters. The molecule has 1 aliphatic heterocycles. The number of carbonyl (C=O) groups excluding carboxylic acids is 1. The highest BCUT2D eigenvalue weighted by Gasteiger charge is 2.41. The first kappa shape index (κ1) is 19.2. The van der Waals surface area contributed by atoms with Crippen molar-refractivity contribution in [2.45, 2.75) is 43.9 Å². The van der Waals surface area contributed by atoms with Crippen molar-refractivity contribution < 1.29 is 31.9 Å². The van der Waals surface area contributed by atoms with Crippen molar-refractivity contribution in [3.63, 3.8) is 0 Å². The van der Waals surface area contributed by atoms with Crippen molar-refractivity contribution in [3.05, 3.63) is 41.5 Å². The second kappa shape index (κ2) is 7.20. The maximum atomic E-state index is 12.8. The number of nitrogens with zero attached hydrogens (tertiary/aromatic N) is 1. The van der Waals surface area contributed by atoms with Crippen molar-refractivity contribution in [2.75, 3.05) is 6.54 Å². The van der Waals surface area contributed by atoms with Gasteiger partial charge in [0.25, 0.3) is 10.0 Å². The Morgan fingerprint density at radius 3 is 2.59 bits per heavy atom. The molecule has 0 radical (unpaired) electrons. The van der Waals surface area contributed by atoms with Crippen LogP contribution in [0.5, 0.6) is 0 Å². The molecule has 0 aliphatic carbocycles. The molecule has 0 saturated carbocycles. The summed E-state index contributed by atoms with van der Waals surface area (Å²) in [5, 5.41) is 11.2. The van der Waals surface area contributed by atoms with Gasteiger partial charge in [-0.3, -0.25) is 4.79 Å². The van der Waals surface area contributed by atoms with Crippen LogP contribution in [0, 0.1) is 6.92 Å². The molecular formula is C17H20N2O7S. The molecule has 0 spiro atoms. The Labute approximate surface area is 156 Å².